The number of piperidine rings is 1. The Kier molecular flexibility index (Phi) is 5.83. The van der Waals surface area contributed by atoms with Gasteiger partial charge < -0.3 is 15.5 Å². The van der Waals surface area contributed by atoms with Gasteiger partial charge in [0.25, 0.3) is 5.91 Å². The average molecular weight is 371 g/mol. The molecular formula is C20H22FN3OS. The molecule has 0 spiro atoms. The van der Waals surface area contributed by atoms with Gasteiger partial charge in [0, 0.05) is 30.4 Å². The first kappa shape index (κ1) is 18.3. The number of hydrogen-bond acceptors (Lipinski definition) is 2. The Labute approximate surface area is 158 Å². The fourth-order valence-corrected chi connectivity index (χ4v) is 3.24. The molecule has 0 atom stereocenters. The number of carbonyl (C=O) groups excluding carboxylic acids is 1. The zero-order chi connectivity index (χ0) is 18.5. The molecule has 1 amide bonds. The van der Waals surface area contributed by atoms with Crippen LogP contribution in [0.4, 0.5) is 10.1 Å². The molecule has 0 unspecified atom stereocenters. The highest BCUT2D eigenvalue weighted by Crippen LogP contribution is 2.15. The number of hydrogen-bond donors (Lipinski definition) is 2. The van der Waals surface area contributed by atoms with E-state index in [1.807, 2.05) is 31.2 Å². The number of carbonyl (C=O) groups is 1. The summed E-state index contributed by atoms with van der Waals surface area (Å²) in [7, 11) is 0. The molecule has 1 fully saturated rings. The van der Waals surface area contributed by atoms with Crippen molar-refractivity contribution in [1.82, 2.24) is 10.2 Å². The van der Waals surface area contributed by atoms with Crippen LogP contribution in [0, 0.1) is 12.7 Å². The fourth-order valence-electron chi connectivity index (χ4n) is 2.94. The Morgan fingerprint density at radius 3 is 2.31 bits per heavy atom. The highest BCUT2D eigenvalue weighted by molar-refractivity contribution is 7.80. The summed E-state index contributed by atoms with van der Waals surface area (Å²) in [5, 5.41) is 6.85. The zero-order valence-corrected chi connectivity index (χ0v) is 15.5. The molecule has 0 aromatic heterocycles. The van der Waals surface area contributed by atoms with Gasteiger partial charge in [-0.25, -0.2) is 4.39 Å². The Balaban J connectivity index is 1.47. The molecule has 1 aliphatic heterocycles. The molecule has 2 N–H and O–H groups in total. The van der Waals surface area contributed by atoms with E-state index in [0.29, 0.717) is 10.7 Å². The van der Waals surface area contributed by atoms with Gasteiger partial charge in [-0.1, -0.05) is 17.7 Å². The molecule has 2 aromatic rings. The minimum atomic E-state index is -0.272. The van der Waals surface area contributed by atoms with Crippen molar-refractivity contribution < 1.29 is 9.18 Å². The van der Waals surface area contributed by atoms with Crippen LogP contribution in [0.25, 0.3) is 0 Å². The standard InChI is InChI=1S/C20H22FN3OS/c1-14-2-4-15(5-3-14)19(25)22-18-10-12-24(13-11-18)20(26)23-17-8-6-16(21)7-9-17/h2-9,18H,10-13H2,1H3,(H,22,25)(H,23,26). The highest BCUT2D eigenvalue weighted by Gasteiger charge is 2.22. The van der Waals surface area contributed by atoms with Gasteiger partial charge in [-0.15, -0.1) is 0 Å². The number of aryl methyl sites for hydroxylation is 1. The molecule has 0 radical (unpaired) electrons. The number of amides is 1. The summed E-state index contributed by atoms with van der Waals surface area (Å²) >= 11 is 5.44. The van der Waals surface area contributed by atoms with Crippen LogP contribution in [0.5, 0.6) is 0 Å². The molecule has 136 valence electrons. The van der Waals surface area contributed by atoms with E-state index in [2.05, 4.69) is 15.5 Å². The van der Waals surface area contributed by atoms with Crippen LogP contribution in [0.2, 0.25) is 0 Å². The van der Waals surface area contributed by atoms with Crippen LogP contribution in [-0.2, 0) is 0 Å². The van der Waals surface area contributed by atoms with E-state index < -0.39 is 0 Å². The second kappa shape index (κ2) is 8.27. The van der Waals surface area contributed by atoms with Crippen molar-refractivity contribution in [2.75, 3.05) is 18.4 Å². The van der Waals surface area contributed by atoms with Gasteiger partial charge >= 0.3 is 0 Å². The van der Waals surface area contributed by atoms with E-state index in [1.54, 1.807) is 12.1 Å². The number of rotatable bonds is 3. The number of likely N-dealkylation sites (tertiary alicyclic amines) is 1. The van der Waals surface area contributed by atoms with E-state index >= 15 is 0 Å². The molecule has 1 aliphatic rings. The number of anilines is 1. The van der Waals surface area contributed by atoms with Crippen LogP contribution >= 0.6 is 12.2 Å². The van der Waals surface area contributed by atoms with E-state index in [0.717, 1.165) is 37.2 Å². The Morgan fingerprint density at radius 1 is 1.08 bits per heavy atom. The minimum absolute atomic E-state index is 0.0320. The monoisotopic (exact) mass is 371 g/mol. The van der Waals surface area contributed by atoms with Gasteiger partial charge in [0.15, 0.2) is 5.11 Å². The lowest BCUT2D eigenvalue weighted by Gasteiger charge is -2.34. The van der Waals surface area contributed by atoms with E-state index in [9.17, 15) is 9.18 Å². The van der Waals surface area contributed by atoms with E-state index in [-0.39, 0.29) is 17.8 Å². The lowest BCUT2D eigenvalue weighted by atomic mass is 10.0. The average Bonchev–Trinajstić information content (AvgIpc) is 2.64. The van der Waals surface area contributed by atoms with Crippen LogP contribution in [0.3, 0.4) is 0 Å². The van der Waals surface area contributed by atoms with Gasteiger partial charge in [-0.05, 0) is 68.4 Å². The molecule has 1 heterocycles. The van der Waals surface area contributed by atoms with Gasteiger partial charge in [0.2, 0.25) is 0 Å². The smallest absolute Gasteiger partial charge is 0.251 e. The predicted molar refractivity (Wildman–Crippen MR) is 106 cm³/mol. The minimum Gasteiger partial charge on any atom is -0.349 e. The maximum Gasteiger partial charge on any atom is 0.251 e. The second-order valence-corrected chi connectivity index (χ2v) is 6.92. The van der Waals surface area contributed by atoms with Gasteiger partial charge in [0.05, 0.1) is 0 Å². The predicted octanol–water partition coefficient (Wildman–Crippen LogP) is 3.73. The van der Waals surface area contributed by atoms with Crippen molar-refractivity contribution in [2.24, 2.45) is 0 Å². The third-order valence-corrected chi connectivity index (χ3v) is 4.89. The number of thiocarbonyl (C=S) groups is 1. The molecule has 1 saturated heterocycles. The lowest BCUT2D eigenvalue weighted by Crippen LogP contribution is -2.47. The second-order valence-electron chi connectivity index (χ2n) is 6.54. The molecule has 4 nitrogen and oxygen atoms in total. The molecule has 2 aromatic carbocycles. The normalized spacial score (nSPS) is 14.8. The fraction of sp³-hybridized carbons (Fsp3) is 0.300. The summed E-state index contributed by atoms with van der Waals surface area (Å²) in [5.74, 6) is -0.304. The highest BCUT2D eigenvalue weighted by atomic mass is 32.1. The van der Waals surface area contributed by atoms with Crippen LogP contribution in [-0.4, -0.2) is 35.1 Å². The van der Waals surface area contributed by atoms with Gasteiger partial charge in [0.1, 0.15) is 5.82 Å². The topological polar surface area (TPSA) is 44.4 Å². The maximum atomic E-state index is 13.0. The van der Waals surface area contributed by atoms with Crippen molar-refractivity contribution in [3.05, 3.63) is 65.5 Å². The van der Waals surface area contributed by atoms with Gasteiger partial charge in [-0.2, -0.15) is 0 Å². The Bertz CT molecular complexity index is 769. The summed E-state index contributed by atoms with van der Waals surface area (Å²) in [4.78, 5) is 14.4. The van der Waals surface area contributed by atoms with E-state index in [4.69, 9.17) is 12.2 Å². The molecule has 0 saturated carbocycles. The lowest BCUT2D eigenvalue weighted by molar-refractivity contribution is 0.0922. The third kappa shape index (κ3) is 4.79. The van der Waals surface area contributed by atoms with Crippen molar-refractivity contribution in [3.8, 4) is 0 Å². The van der Waals surface area contributed by atoms with Crippen LogP contribution < -0.4 is 10.6 Å². The number of nitrogens with one attached hydrogen (secondary N) is 2. The molecule has 0 bridgehead atoms. The number of benzene rings is 2. The third-order valence-electron chi connectivity index (χ3n) is 4.53. The molecule has 26 heavy (non-hydrogen) atoms. The Hall–Kier alpha value is -2.47. The summed E-state index contributed by atoms with van der Waals surface area (Å²) in [6, 6.07) is 13.9. The first-order valence-electron chi connectivity index (χ1n) is 8.70. The SMILES string of the molecule is Cc1ccc(C(=O)NC2CCN(C(=S)Nc3ccc(F)cc3)CC2)cc1. The van der Waals surface area contributed by atoms with Gasteiger partial charge in [-0.3, -0.25) is 4.79 Å². The molecule has 6 heteroatoms. The summed E-state index contributed by atoms with van der Waals surface area (Å²) in [5.41, 5.74) is 2.59. The van der Waals surface area contributed by atoms with Crippen molar-refractivity contribution in [1.29, 1.82) is 0 Å². The number of halogens is 1. The zero-order valence-electron chi connectivity index (χ0n) is 14.7. The summed E-state index contributed by atoms with van der Waals surface area (Å²) < 4.78 is 13.0. The van der Waals surface area contributed by atoms with Crippen molar-refractivity contribution in [2.45, 2.75) is 25.8 Å². The van der Waals surface area contributed by atoms with Crippen molar-refractivity contribution >= 4 is 28.9 Å². The van der Waals surface area contributed by atoms with E-state index in [1.165, 1.54) is 12.1 Å². The molecule has 0 aliphatic carbocycles. The Morgan fingerprint density at radius 2 is 1.69 bits per heavy atom. The molecular weight excluding hydrogens is 349 g/mol. The van der Waals surface area contributed by atoms with Crippen LogP contribution in [0.15, 0.2) is 48.5 Å². The van der Waals surface area contributed by atoms with Crippen LogP contribution in [0.1, 0.15) is 28.8 Å². The van der Waals surface area contributed by atoms with Crippen molar-refractivity contribution in [3.63, 3.8) is 0 Å². The summed E-state index contributed by atoms with van der Waals surface area (Å²) in [6.07, 6.45) is 1.67. The maximum absolute atomic E-state index is 13.0. The summed E-state index contributed by atoms with van der Waals surface area (Å²) in [6.45, 7) is 3.54. The first-order valence-corrected chi connectivity index (χ1v) is 9.11. The first-order chi connectivity index (χ1) is 12.5. The number of nitrogens with zero attached hydrogens (tertiary/aromatic N) is 1. The molecule has 3 rings (SSSR count). The largest absolute Gasteiger partial charge is 0.349 e. The quantitative estimate of drug-likeness (QED) is 0.807.